The number of aromatic nitrogens is 1. The van der Waals surface area contributed by atoms with Crippen LogP contribution in [0.15, 0.2) is 18.2 Å². The second-order valence-electron chi connectivity index (χ2n) is 4.71. The van der Waals surface area contributed by atoms with Crippen molar-refractivity contribution in [3.63, 3.8) is 0 Å². The average molecular weight is 232 g/mol. The van der Waals surface area contributed by atoms with Gasteiger partial charge in [-0.3, -0.25) is 4.98 Å². The molecule has 0 atom stereocenters. The highest BCUT2D eigenvalue weighted by atomic mass is 35.5. The van der Waals surface area contributed by atoms with Crippen LogP contribution in [0, 0.1) is 13.8 Å². The third kappa shape index (κ3) is 1.51. The Bertz CT molecular complexity index is 570. The van der Waals surface area contributed by atoms with Gasteiger partial charge in [0.15, 0.2) is 0 Å². The standard InChI is InChI=1S/C14H14ClN/c1-8-3-6-11-12(15)7-13(10-4-5-10)16-14(11)9(8)2/h3,6-7,10H,4-5H2,1-2H3. The van der Waals surface area contributed by atoms with Crippen LogP contribution in [0.4, 0.5) is 0 Å². The number of fused-ring (bicyclic) bond motifs is 1. The summed E-state index contributed by atoms with van der Waals surface area (Å²) in [5.74, 6) is 0.654. The Hall–Kier alpha value is -1.08. The zero-order valence-corrected chi connectivity index (χ0v) is 10.3. The highest BCUT2D eigenvalue weighted by Gasteiger charge is 2.26. The van der Waals surface area contributed by atoms with E-state index in [0.717, 1.165) is 15.9 Å². The third-order valence-corrected chi connectivity index (χ3v) is 3.78. The molecule has 2 heteroatoms. The first-order valence-corrected chi connectivity index (χ1v) is 6.11. The molecule has 82 valence electrons. The summed E-state index contributed by atoms with van der Waals surface area (Å²) in [6, 6.07) is 6.22. The van der Waals surface area contributed by atoms with Gasteiger partial charge in [-0.15, -0.1) is 0 Å². The van der Waals surface area contributed by atoms with E-state index in [9.17, 15) is 0 Å². The predicted octanol–water partition coefficient (Wildman–Crippen LogP) is 4.38. The van der Waals surface area contributed by atoms with Gasteiger partial charge < -0.3 is 0 Å². The predicted molar refractivity (Wildman–Crippen MR) is 68.2 cm³/mol. The van der Waals surface area contributed by atoms with Crippen molar-refractivity contribution in [3.05, 3.63) is 40.0 Å². The summed E-state index contributed by atoms with van der Waals surface area (Å²) in [6.07, 6.45) is 2.53. The molecule has 0 unspecified atom stereocenters. The van der Waals surface area contributed by atoms with Crippen LogP contribution in [0.3, 0.4) is 0 Å². The lowest BCUT2D eigenvalue weighted by Gasteiger charge is -2.08. The van der Waals surface area contributed by atoms with Crippen molar-refractivity contribution in [2.24, 2.45) is 0 Å². The second-order valence-corrected chi connectivity index (χ2v) is 5.11. The van der Waals surface area contributed by atoms with Gasteiger partial charge in [-0.25, -0.2) is 0 Å². The molecule has 0 N–H and O–H groups in total. The maximum atomic E-state index is 6.32. The van der Waals surface area contributed by atoms with E-state index in [2.05, 4.69) is 26.0 Å². The number of hydrogen-bond acceptors (Lipinski definition) is 1. The van der Waals surface area contributed by atoms with E-state index in [0.29, 0.717) is 5.92 Å². The normalized spacial score (nSPS) is 15.7. The Morgan fingerprint density at radius 3 is 2.69 bits per heavy atom. The van der Waals surface area contributed by atoms with Gasteiger partial charge in [-0.2, -0.15) is 0 Å². The maximum Gasteiger partial charge on any atom is 0.0752 e. The molecule has 0 spiro atoms. The van der Waals surface area contributed by atoms with E-state index in [1.807, 2.05) is 6.07 Å². The van der Waals surface area contributed by atoms with Crippen LogP contribution in [-0.4, -0.2) is 4.98 Å². The fourth-order valence-corrected chi connectivity index (χ4v) is 2.36. The zero-order valence-electron chi connectivity index (χ0n) is 9.55. The van der Waals surface area contributed by atoms with Crippen LogP contribution in [0.5, 0.6) is 0 Å². The quantitative estimate of drug-likeness (QED) is 0.710. The minimum Gasteiger partial charge on any atom is -0.252 e. The molecule has 0 saturated heterocycles. The Labute approximate surface area is 100 Å². The lowest BCUT2D eigenvalue weighted by molar-refractivity contribution is 1.04. The molecule has 1 aliphatic carbocycles. The lowest BCUT2D eigenvalue weighted by atomic mass is 10.0. The first kappa shape index (κ1) is 10.1. The number of pyridine rings is 1. The number of hydrogen-bond donors (Lipinski definition) is 0. The Morgan fingerprint density at radius 1 is 1.25 bits per heavy atom. The summed E-state index contributed by atoms with van der Waals surface area (Å²) in [5.41, 5.74) is 4.78. The summed E-state index contributed by atoms with van der Waals surface area (Å²) in [6.45, 7) is 4.24. The molecule has 0 bridgehead atoms. The molecule has 1 heterocycles. The molecule has 1 saturated carbocycles. The van der Waals surface area contributed by atoms with Gasteiger partial charge in [0.05, 0.1) is 10.5 Å². The molecule has 2 aromatic rings. The van der Waals surface area contributed by atoms with E-state index < -0.39 is 0 Å². The van der Waals surface area contributed by atoms with Gasteiger partial charge in [0.2, 0.25) is 0 Å². The fourth-order valence-electron chi connectivity index (χ4n) is 2.10. The van der Waals surface area contributed by atoms with E-state index in [1.165, 1.54) is 29.7 Å². The van der Waals surface area contributed by atoms with E-state index in [1.54, 1.807) is 0 Å². The van der Waals surface area contributed by atoms with Gasteiger partial charge in [-0.05, 0) is 43.9 Å². The maximum absolute atomic E-state index is 6.32. The monoisotopic (exact) mass is 231 g/mol. The highest BCUT2D eigenvalue weighted by molar-refractivity contribution is 6.35. The van der Waals surface area contributed by atoms with Gasteiger partial charge in [0.1, 0.15) is 0 Å². The molecule has 1 nitrogen and oxygen atoms in total. The van der Waals surface area contributed by atoms with Crippen molar-refractivity contribution in [3.8, 4) is 0 Å². The van der Waals surface area contributed by atoms with Crippen LogP contribution in [0.25, 0.3) is 10.9 Å². The molecular weight excluding hydrogens is 218 g/mol. The zero-order chi connectivity index (χ0) is 11.3. The van der Waals surface area contributed by atoms with Crippen molar-refractivity contribution in [1.82, 2.24) is 4.98 Å². The van der Waals surface area contributed by atoms with Crippen LogP contribution in [0.1, 0.15) is 35.6 Å². The molecule has 0 aliphatic heterocycles. The number of halogens is 1. The van der Waals surface area contributed by atoms with Gasteiger partial charge in [-0.1, -0.05) is 23.7 Å². The molecule has 1 aromatic heterocycles. The molecule has 0 amide bonds. The molecule has 1 aliphatic rings. The molecular formula is C14H14ClN. The Kier molecular flexibility index (Phi) is 2.18. The summed E-state index contributed by atoms with van der Waals surface area (Å²) >= 11 is 6.32. The number of nitrogens with zero attached hydrogens (tertiary/aromatic N) is 1. The Balaban J connectivity index is 2.33. The second kappa shape index (κ2) is 3.46. The number of benzene rings is 1. The van der Waals surface area contributed by atoms with E-state index >= 15 is 0 Å². The lowest BCUT2D eigenvalue weighted by Crippen LogP contribution is -1.93. The highest BCUT2D eigenvalue weighted by Crippen LogP contribution is 2.41. The van der Waals surface area contributed by atoms with Crippen LogP contribution in [0.2, 0.25) is 5.02 Å². The van der Waals surface area contributed by atoms with Crippen molar-refractivity contribution in [2.75, 3.05) is 0 Å². The first-order chi connectivity index (χ1) is 7.66. The van der Waals surface area contributed by atoms with Gasteiger partial charge in [0.25, 0.3) is 0 Å². The van der Waals surface area contributed by atoms with Gasteiger partial charge in [0, 0.05) is 17.0 Å². The number of aryl methyl sites for hydroxylation is 2. The molecule has 0 radical (unpaired) electrons. The fraction of sp³-hybridized carbons (Fsp3) is 0.357. The topological polar surface area (TPSA) is 12.9 Å². The molecule has 3 rings (SSSR count). The summed E-state index contributed by atoms with van der Waals surface area (Å²) in [5, 5.41) is 1.92. The van der Waals surface area contributed by atoms with Gasteiger partial charge >= 0.3 is 0 Å². The third-order valence-electron chi connectivity index (χ3n) is 3.47. The van der Waals surface area contributed by atoms with Crippen molar-refractivity contribution in [1.29, 1.82) is 0 Å². The molecule has 1 fully saturated rings. The number of rotatable bonds is 1. The summed E-state index contributed by atoms with van der Waals surface area (Å²) in [7, 11) is 0. The summed E-state index contributed by atoms with van der Waals surface area (Å²) < 4.78 is 0. The van der Waals surface area contributed by atoms with Crippen LogP contribution in [-0.2, 0) is 0 Å². The average Bonchev–Trinajstić information content (AvgIpc) is 3.07. The van der Waals surface area contributed by atoms with Crippen molar-refractivity contribution >= 4 is 22.5 Å². The SMILES string of the molecule is Cc1ccc2c(Cl)cc(C3CC3)nc2c1C. The van der Waals surface area contributed by atoms with E-state index in [-0.39, 0.29) is 0 Å². The smallest absolute Gasteiger partial charge is 0.0752 e. The largest absolute Gasteiger partial charge is 0.252 e. The minimum absolute atomic E-state index is 0.654. The Morgan fingerprint density at radius 2 is 2.00 bits per heavy atom. The first-order valence-electron chi connectivity index (χ1n) is 5.73. The van der Waals surface area contributed by atoms with Crippen molar-refractivity contribution < 1.29 is 0 Å². The van der Waals surface area contributed by atoms with E-state index in [4.69, 9.17) is 16.6 Å². The molecule has 16 heavy (non-hydrogen) atoms. The van der Waals surface area contributed by atoms with Crippen LogP contribution >= 0.6 is 11.6 Å². The van der Waals surface area contributed by atoms with Crippen LogP contribution < -0.4 is 0 Å². The summed E-state index contributed by atoms with van der Waals surface area (Å²) in [4.78, 5) is 4.77. The van der Waals surface area contributed by atoms with Crippen molar-refractivity contribution in [2.45, 2.75) is 32.6 Å². The minimum atomic E-state index is 0.654. The molecule has 1 aromatic carbocycles.